The Morgan fingerprint density at radius 2 is 1.92 bits per heavy atom. The summed E-state index contributed by atoms with van der Waals surface area (Å²) in [7, 11) is -0.443. The predicted molar refractivity (Wildman–Crippen MR) is 148 cm³/mol. The molecule has 0 radical (unpaired) electrons. The third-order valence-electron chi connectivity index (χ3n) is 6.70. The van der Waals surface area contributed by atoms with E-state index in [0.717, 1.165) is 11.6 Å². The minimum absolute atomic E-state index is 0.0234. The Kier molecular flexibility index (Phi) is 9.03. The molecule has 1 aromatic heterocycles. The number of hydrogen-bond acceptors (Lipinski definition) is 8. The van der Waals surface area contributed by atoms with Crippen LogP contribution >= 0.6 is 11.3 Å². The first-order chi connectivity index (χ1) is 18.2. The highest BCUT2D eigenvalue weighted by Gasteiger charge is 2.29. The van der Waals surface area contributed by atoms with Gasteiger partial charge in [0.15, 0.2) is 0 Å². The summed E-state index contributed by atoms with van der Waals surface area (Å²) in [5.74, 6) is 0.247. The van der Waals surface area contributed by atoms with Crippen molar-refractivity contribution in [3.8, 4) is 5.75 Å². The lowest BCUT2D eigenvalue weighted by Gasteiger charge is -2.35. The van der Waals surface area contributed by atoms with Crippen molar-refractivity contribution in [2.45, 2.75) is 37.4 Å². The summed E-state index contributed by atoms with van der Waals surface area (Å²) in [5, 5.41) is 2.99. The summed E-state index contributed by atoms with van der Waals surface area (Å²) < 4.78 is 40.4. The van der Waals surface area contributed by atoms with E-state index >= 15 is 0 Å². The number of aromatic nitrogens is 1. The molecule has 9 nitrogen and oxygen atoms in total. The Morgan fingerprint density at radius 1 is 1.16 bits per heavy atom. The normalized spacial score (nSPS) is 21.6. The number of sulfonamides is 1. The predicted octanol–water partition coefficient (Wildman–Crippen LogP) is 3.95. The number of benzene rings is 2. The van der Waals surface area contributed by atoms with Gasteiger partial charge in [-0.25, -0.2) is 13.4 Å². The highest BCUT2D eigenvalue weighted by molar-refractivity contribution is 7.92. The van der Waals surface area contributed by atoms with E-state index in [1.54, 1.807) is 66.9 Å². The molecule has 38 heavy (non-hydrogen) atoms. The topological polar surface area (TPSA) is 101 Å². The number of anilines is 1. The van der Waals surface area contributed by atoms with Gasteiger partial charge in [0.25, 0.3) is 15.9 Å². The minimum atomic E-state index is -3.82. The number of nitrogens with zero attached hydrogens (tertiary/aromatic N) is 3. The van der Waals surface area contributed by atoms with Crippen molar-refractivity contribution in [2.75, 3.05) is 38.6 Å². The van der Waals surface area contributed by atoms with Crippen LogP contribution in [0.4, 0.5) is 5.69 Å². The number of fused-ring (bicyclic) bond motifs is 1. The van der Waals surface area contributed by atoms with Crippen LogP contribution in [0.1, 0.15) is 29.2 Å². The van der Waals surface area contributed by atoms with Crippen molar-refractivity contribution in [1.82, 2.24) is 14.8 Å². The van der Waals surface area contributed by atoms with Crippen LogP contribution in [0, 0.1) is 5.92 Å². The zero-order chi connectivity index (χ0) is 27.3. The zero-order valence-electron chi connectivity index (χ0n) is 22.0. The van der Waals surface area contributed by atoms with Gasteiger partial charge in [-0.1, -0.05) is 25.1 Å². The minimum Gasteiger partial charge on any atom is -0.491 e. The molecule has 204 valence electrons. The SMILES string of the molecule is CO[C@@H]1CN(C)C(=O)c2cc(NS(=O)(=O)c3ccccc3)ccc2OC[C@@H](C)N(Cc2nccs2)C[C@H]1C. The van der Waals surface area contributed by atoms with Crippen LogP contribution in [-0.2, 0) is 21.3 Å². The highest BCUT2D eigenvalue weighted by Crippen LogP contribution is 2.28. The molecule has 2 heterocycles. The Labute approximate surface area is 228 Å². The number of nitrogens with one attached hydrogen (secondary N) is 1. The number of methoxy groups -OCH3 is 1. The molecule has 0 saturated heterocycles. The Morgan fingerprint density at radius 3 is 2.61 bits per heavy atom. The lowest BCUT2D eigenvalue weighted by molar-refractivity contribution is 0.00921. The molecule has 1 aliphatic rings. The first-order valence-corrected chi connectivity index (χ1v) is 14.8. The zero-order valence-corrected chi connectivity index (χ0v) is 23.7. The van der Waals surface area contributed by atoms with Crippen molar-refractivity contribution in [1.29, 1.82) is 0 Å². The Balaban J connectivity index is 1.65. The van der Waals surface area contributed by atoms with E-state index < -0.39 is 10.0 Å². The average Bonchev–Trinajstić information content (AvgIpc) is 3.42. The van der Waals surface area contributed by atoms with Crippen LogP contribution < -0.4 is 9.46 Å². The molecule has 2 aromatic carbocycles. The molecule has 1 amide bonds. The highest BCUT2D eigenvalue weighted by atomic mass is 32.2. The van der Waals surface area contributed by atoms with E-state index in [-0.39, 0.29) is 40.1 Å². The second kappa shape index (κ2) is 12.2. The molecule has 3 atom stereocenters. The summed E-state index contributed by atoms with van der Waals surface area (Å²) in [6.07, 6.45) is 1.61. The molecule has 0 spiro atoms. The number of carbonyl (C=O) groups excluding carboxylic acids is 1. The largest absolute Gasteiger partial charge is 0.491 e. The maximum atomic E-state index is 13.6. The van der Waals surface area contributed by atoms with Crippen LogP contribution in [0.15, 0.2) is 65.0 Å². The third-order valence-corrected chi connectivity index (χ3v) is 8.86. The van der Waals surface area contributed by atoms with Gasteiger partial charge in [-0.2, -0.15) is 0 Å². The molecule has 0 bridgehead atoms. The molecule has 0 unspecified atom stereocenters. The van der Waals surface area contributed by atoms with E-state index in [2.05, 4.69) is 28.5 Å². The van der Waals surface area contributed by atoms with Gasteiger partial charge in [0.05, 0.1) is 23.1 Å². The van der Waals surface area contributed by atoms with Crippen molar-refractivity contribution in [2.24, 2.45) is 5.92 Å². The number of likely N-dealkylation sites (N-methyl/N-ethyl adjacent to an activating group) is 1. The monoisotopic (exact) mass is 558 g/mol. The number of amides is 1. The fraction of sp³-hybridized carbons (Fsp3) is 0.407. The number of carbonyl (C=O) groups is 1. The summed E-state index contributed by atoms with van der Waals surface area (Å²) in [4.78, 5) is 22.1. The quantitative estimate of drug-likeness (QED) is 0.489. The van der Waals surface area contributed by atoms with E-state index in [9.17, 15) is 13.2 Å². The van der Waals surface area contributed by atoms with Gasteiger partial charge in [0.2, 0.25) is 0 Å². The average molecular weight is 559 g/mol. The number of rotatable bonds is 6. The first kappa shape index (κ1) is 28.0. The number of hydrogen-bond donors (Lipinski definition) is 1. The number of ether oxygens (including phenoxy) is 2. The van der Waals surface area contributed by atoms with Crippen LogP contribution in [0.3, 0.4) is 0 Å². The van der Waals surface area contributed by atoms with Crippen molar-refractivity contribution in [3.05, 3.63) is 70.7 Å². The molecular formula is C27H34N4O5S2. The molecule has 4 rings (SSSR count). The molecule has 1 aliphatic heterocycles. The summed E-state index contributed by atoms with van der Waals surface area (Å²) in [6.45, 7) is 6.35. The maximum absolute atomic E-state index is 13.6. The smallest absolute Gasteiger partial charge is 0.261 e. The first-order valence-electron chi connectivity index (χ1n) is 12.4. The van der Waals surface area contributed by atoms with Crippen molar-refractivity contribution in [3.63, 3.8) is 0 Å². The van der Waals surface area contributed by atoms with Gasteiger partial charge in [0, 0.05) is 50.6 Å². The van der Waals surface area contributed by atoms with Gasteiger partial charge >= 0.3 is 0 Å². The lowest BCUT2D eigenvalue weighted by atomic mass is 10.0. The third kappa shape index (κ3) is 6.71. The fourth-order valence-electron chi connectivity index (χ4n) is 4.45. The standard InChI is InChI=1S/C27H34N4O5S2/c1-19-15-31(17-26-28-12-13-37-26)20(2)18-36-24-11-10-21(29-38(33,34)22-8-6-5-7-9-22)14-23(24)27(32)30(3)16-25(19)35-4/h5-14,19-20,25,29H,15-18H2,1-4H3/t19-,20-,25-/m1/s1. The van der Waals surface area contributed by atoms with Gasteiger partial charge in [0.1, 0.15) is 17.4 Å². The Bertz CT molecular complexity index is 1320. The van der Waals surface area contributed by atoms with Gasteiger partial charge in [-0.3, -0.25) is 14.4 Å². The molecular weight excluding hydrogens is 524 g/mol. The van der Waals surface area contributed by atoms with Crippen molar-refractivity contribution < 1.29 is 22.7 Å². The molecule has 11 heteroatoms. The van der Waals surface area contributed by atoms with Crippen LogP contribution in [0.25, 0.3) is 0 Å². The second-order valence-corrected chi connectivity index (χ2v) is 12.2. The summed E-state index contributed by atoms with van der Waals surface area (Å²) in [6, 6.07) is 12.9. The molecule has 0 saturated carbocycles. The van der Waals surface area contributed by atoms with Crippen LogP contribution in [-0.4, -0.2) is 75.1 Å². The summed E-state index contributed by atoms with van der Waals surface area (Å²) >= 11 is 1.62. The molecule has 0 aliphatic carbocycles. The fourth-order valence-corrected chi connectivity index (χ4v) is 6.17. The van der Waals surface area contributed by atoms with E-state index in [4.69, 9.17) is 9.47 Å². The molecule has 3 aromatic rings. The van der Waals surface area contributed by atoms with E-state index in [1.807, 2.05) is 5.38 Å². The van der Waals surface area contributed by atoms with Gasteiger partial charge in [-0.05, 0) is 43.2 Å². The van der Waals surface area contributed by atoms with Crippen LogP contribution in [0.5, 0.6) is 5.75 Å². The maximum Gasteiger partial charge on any atom is 0.261 e. The Hall–Kier alpha value is -2.99. The van der Waals surface area contributed by atoms with E-state index in [0.29, 0.717) is 25.4 Å². The van der Waals surface area contributed by atoms with E-state index in [1.165, 1.54) is 18.2 Å². The summed E-state index contributed by atoms with van der Waals surface area (Å²) in [5.41, 5.74) is 0.558. The van der Waals surface area contributed by atoms with Gasteiger partial charge in [-0.15, -0.1) is 11.3 Å². The lowest BCUT2D eigenvalue weighted by Crippen LogP contribution is -2.46. The van der Waals surface area contributed by atoms with Crippen LogP contribution in [0.2, 0.25) is 0 Å². The molecule has 1 N–H and O–H groups in total. The molecule has 0 fully saturated rings. The van der Waals surface area contributed by atoms with Crippen molar-refractivity contribution >= 4 is 33.0 Å². The second-order valence-electron chi connectivity index (χ2n) is 9.58. The number of thiazole rings is 1. The van der Waals surface area contributed by atoms with Gasteiger partial charge < -0.3 is 14.4 Å².